The van der Waals surface area contributed by atoms with E-state index in [0.29, 0.717) is 39.0 Å². The van der Waals surface area contributed by atoms with Crippen molar-refractivity contribution in [3.05, 3.63) is 29.8 Å². The van der Waals surface area contributed by atoms with Crippen molar-refractivity contribution in [3.8, 4) is 5.75 Å². The molecule has 1 aromatic carbocycles. The van der Waals surface area contributed by atoms with Crippen LogP contribution in [0, 0.1) is 5.41 Å². The predicted octanol–water partition coefficient (Wildman–Crippen LogP) is 2.34. The number of amides is 2. The molecule has 8 heteroatoms. The van der Waals surface area contributed by atoms with Crippen LogP contribution >= 0.6 is 0 Å². The van der Waals surface area contributed by atoms with E-state index in [1.165, 1.54) is 18.2 Å². The Labute approximate surface area is 158 Å². The Morgan fingerprint density at radius 3 is 2.19 bits per heavy atom. The number of para-hydroxylation sites is 1. The van der Waals surface area contributed by atoms with Gasteiger partial charge in [-0.1, -0.05) is 26.0 Å². The maximum Gasteiger partial charge on any atom is 0.387 e. The number of halogens is 2. The van der Waals surface area contributed by atoms with Crippen LogP contribution in [0.3, 0.4) is 0 Å². The maximum atomic E-state index is 12.9. The number of carbonyl (C=O) groups is 2. The average Bonchev–Trinajstić information content (AvgIpc) is 2.69. The number of hydrogen-bond donors (Lipinski definition) is 1. The molecule has 0 aliphatic carbocycles. The van der Waals surface area contributed by atoms with Crippen molar-refractivity contribution < 1.29 is 23.1 Å². The largest absolute Gasteiger partial charge is 0.434 e. The molecule has 0 saturated carbocycles. The molecule has 0 atom stereocenters. The van der Waals surface area contributed by atoms with Crippen LogP contribution in [0.1, 0.15) is 37.0 Å². The Morgan fingerprint density at radius 2 is 1.67 bits per heavy atom. The normalized spacial score (nSPS) is 15.2. The first-order chi connectivity index (χ1) is 12.9. The third-order valence-corrected chi connectivity index (χ3v) is 5.39. The molecule has 1 aliphatic rings. The Bertz CT molecular complexity index is 649. The van der Waals surface area contributed by atoms with Crippen LogP contribution in [0.2, 0.25) is 0 Å². The summed E-state index contributed by atoms with van der Waals surface area (Å²) in [5.41, 5.74) is 5.38. The van der Waals surface area contributed by atoms with E-state index in [2.05, 4.69) is 4.74 Å². The second kappa shape index (κ2) is 9.12. The number of carbonyl (C=O) groups excluding carboxylic acids is 2. The average molecular weight is 383 g/mol. The van der Waals surface area contributed by atoms with Crippen LogP contribution in [-0.4, -0.2) is 60.9 Å². The summed E-state index contributed by atoms with van der Waals surface area (Å²) in [4.78, 5) is 28.9. The molecule has 1 heterocycles. The van der Waals surface area contributed by atoms with E-state index in [0.717, 1.165) is 0 Å². The molecular weight excluding hydrogens is 356 g/mol. The fraction of sp³-hybridized carbons (Fsp3) is 0.579. The molecule has 0 radical (unpaired) electrons. The molecule has 1 fully saturated rings. The van der Waals surface area contributed by atoms with Crippen molar-refractivity contribution in [1.29, 1.82) is 0 Å². The van der Waals surface area contributed by atoms with E-state index in [1.54, 1.807) is 15.9 Å². The monoisotopic (exact) mass is 383 g/mol. The number of nitrogens with two attached hydrogens (primary N) is 1. The molecule has 27 heavy (non-hydrogen) atoms. The van der Waals surface area contributed by atoms with Gasteiger partial charge in [-0.25, -0.2) is 0 Å². The number of benzene rings is 1. The Morgan fingerprint density at radius 1 is 1.11 bits per heavy atom. The van der Waals surface area contributed by atoms with Gasteiger partial charge < -0.3 is 20.3 Å². The zero-order chi connectivity index (χ0) is 20.0. The van der Waals surface area contributed by atoms with E-state index in [1.807, 2.05) is 13.8 Å². The van der Waals surface area contributed by atoms with Crippen molar-refractivity contribution in [3.63, 3.8) is 0 Å². The van der Waals surface area contributed by atoms with Gasteiger partial charge in [0.25, 0.3) is 5.91 Å². The molecule has 0 aromatic heterocycles. The van der Waals surface area contributed by atoms with E-state index in [-0.39, 0.29) is 29.7 Å². The molecule has 2 rings (SSSR count). The minimum Gasteiger partial charge on any atom is -0.434 e. The number of hydrogen-bond acceptors (Lipinski definition) is 4. The number of nitrogens with zero attached hydrogens (tertiary/aromatic N) is 2. The summed E-state index contributed by atoms with van der Waals surface area (Å²) in [5.74, 6) is -0.506. The van der Waals surface area contributed by atoms with Crippen LogP contribution < -0.4 is 10.5 Å². The summed E-state index contributed by atoms with van der Waals surface area (Å²) >= 11 is 0. The van der Waals surface area contributed by atoms with Gasteiger partial charge in [-0.2, -0.15) is 8.78 Å². The number of rotatable bonds is 7. The fourth-order valence-corrected chi connectivity index (χ4v) is 3.39. The van der Waals surface area contributed by atoms with Crippen molar-refractivity contribution in [2.45, 2.75) is 33.3 Å². The number of ether oxygens (including phenoxy) is 1. The van der Waals surface area contributed by atoms with E-state index >= 15 is 0 Å². The topological polar surface area (TPSA) is 75.9 Å². The predicted molar refractivity (Wildman–Crippen MR) is 97.6 cm³/mol. The molecule has 150 valence electrons. The van der Waals surface area contributed by atoms with E-state index in [4.69, 9.17) is 5.73 Å². The molecule has 1 saturated heterocycles. The molecule has 2 N–H and O–H groups in total. The lowest BCUT2D eigenvalue weighted by Crippen LogP contribution is -2.55. The lowest BCUT2D eigenvalue weighted by molar-refractivity contribution is -0.143. The third-order valence-electron chi connectivity index (χ3n) is 5.39. The second-order valence-corrected chi connectivity index (χ2v) is 6.65. The smallest absolute Gasteiger partial charge is 0.387 e. The highest BCUT2D eigenvalue weighted by molar-refractivity contribution is 5.97. The van der Waals surface area contributed by atoms with Gasteiger partial charge in [0.15, 0.2) is 0 Å². The molecule has 0 unspecified atom stereocenters. The summed E-state index contributed by atoms with van der Waals surface area (Å²) in [6.07, 6.45) is 1.33. The van der Waals surface area contributed by atoms with Crippen LogP contribution in [0.5, 0.6) is 5.75 Å². The van der Waals surface area contributed by atoms with Crippen molar-refractivity contribution in [2.24, 2.45) is 11.1 Å². The van der Waals surface area contributed by atoms with E-state index in [9.17, 15) is 18.4 Å². The quantitative estimate of drug-likeness (QED) is 0.784. The Kier molecular flexibility index (Phi) is 7.12. The minimum absolute atomic E-state index is 0.0172. The van der Waals surface area contributed by atoms with Gasteiger partial charge >= 0.3 is 6.61 Å². The van der Waals surface area contributed by atoms with Crippen LogP contribution in [-0.2, 0) is 4.79 Å². The summed E-state index contributed by atoms with van der Waals surface area (Å²) in [6.45, 7) is 2.65. The fourth-order valence-electron chi connectivity index (χ4n) is 3.39. The van der Waals surface area contributed by atoms with Crippen LogP contribution in [0.15, 0.2) is 24.3 Å². The maximum absolute atomic E-state index is 12.9. The summed E-state index contributed by atoms with van der Waals surface area (Å²) in [5, 5.41) is 0. The van der Waals surface area contributed by atoms with E-state index < -0.39 is 12.0 Å². The lowest BCUT2D eigenvalue weighted by Gasteiger charge is -2.40. The zero-order valence-electron chi connectivity index (χ0n) is 15.8. The van der Waals surface area contributed by atoms with Gasteiger partial charge in [0.2, 0.25) is 5.91 Å². The molecular formula is C19H27F2N3O3. The molecule has 2 amide bonds. The lowest BCUT2D eigenvalue weighted by atomic mass is 9.81. The summed E-state index contributed by atoms with van der Waals surface area (Å²) in [6, 6.07) is 5.94. The Hall–Kier alpha value is -2.22. The minimum atomic E-state index is -3.00. The van der Waals surface area contributed by atoms with Crippen molar-refractivity contribution in [2.75, 3.05) is 32.7 Å². The highest BCUT2D eigenvalue weighted by Crippen LogP contribution is 2.29. The molecule has 0 spiro atoms. The zero-order valence-corrected chi connectivity index (χ0v) is 15.8. The van der Waals surface area contributed by atoms with Gasteiger partial charge in [-0.3, -0.25) is 9.59 Å². The van der Waals surface area contributed by atoms with Crippen molar-refractivity contribution >= 4 is 11.8 Å². The van der Waals surface area contributed by atoms with Gasteiger partial charge in [-0.15, -0.1) is 0 Å². The second-order valence-electron chi connectivity index (χ2n) is 6.65. The number of alkyl halides is 2. The highest BCUT2D eigenvalue weighted by atomic mass is 19.3. The first-order valence-corrected chi connectivity index (χ1v) is 9.21. The summed E-state index contributed by atoms with van der Waals surface area (Å²) in [7, 11) is 0. The SMILES string of the molecule is CCC(CC)(CN)C(=O)N1CCN(C(=O)c2ccccc2OC(F)F)CC1. The van der Waals surface area contributed by atoms with Gasteiger partial charge in [0.1, 0.15) is 5.75 Å². The van der Waals surface area contributed by atoms with Crippen molar-refractivity contribution in [1.82, 2.24) is 9.80 Å². The highest BCUT2D eigenvalue weighted by Gasteiger charge is 2.38. The first-order valence-electron chi connectivity index (χ1n) is 9.21. The third kappa shape index (κ3) is 4.55. The molecule has 1 aliphatic heterocycles. The number of piperazine rings is 1. The van der Waals surface area contributed by atoms with Gasteiger partial charge in [-0.05, 0) is 25.0 Å². The van der Waals surface area contributed by atoms with Crippen LogP contribution in [0.4, 0.5) is 8.78 Å². The molecule has 0 bridgehead atoms. The van der Waals surface area contributed by atoms with Gasteiger partial charge in [0, 0.05) is 32.7 Å². The summed E-state index contributed by atoms with van der Waals surface area (Å²) < 4.78 is 29.6. The first kappa shape index (κ1) is 21.1. The van der Waals surface area contributed by atoms with Gasteiger partial charge in [0.05, 0.1) is 11.0 Å². The van der Waals surface area contributed by atoms with Crippen LogP contribution in [0.25, 0.3) is 0 Å². The standard InChI is InChI=1S/C19H27F2N3O3/c1-3-19(4-2,13-22)17(26)24-11-9-23(10-12-24)16(25)14-7-5-6-8-15(14)27-18(20)21/h5-8,18H,3-4,9-13,22H2,1-2H3. The molecule has 6 nitrogen and oxygen atoms in total. The Balaban J connectivity index is 2.06. The molecule has 1 aromatic rings.